The zero-order valence-corrected chi connectivity index (χ0v) is 9.40. The van der Waals surface area contributed by atoms with E-state index in [0.29, 0.717) is 6.54 Å². The standard InChI is InChI=1S/C12H16FNO2/c1-8(12(15)16)7-14-9(2)10-3-5-11(13)6-4-10/h3-6,8-9,14H,7H2,1-2H3,(H,15,16). The van der Waals surface area contributed by atoms with Gasteiger partial charge in [-0.05, 0) is 24.6 Å². The Balaban J connectivity index is 2.49. The molecule has 2 unspecified atom stereocenters. The van der Waals surface area contributed by atoms with E-state index in [9.17, 15) is 9.18 Å². The van der Waals surface area contributed by atoms with E-state index >= 15 is 0 Å². The molecule has 0 aromatic heterocycles. The van der Waals surface area contributed by atoms with Crippen LogP contribution in [0.1, 0.15) is 25.5 Å². The summed E-state index contributed by atoms with van der Waals surface area (Å²) < 4.78 is 12.7. The van der Waals surface area contributed by atoms with Crippen LogP contribution in [0.2, 0.25) is 0 Å². The molecule has 0 bridgehead atoms. The van der Waals surface area contributed by atoms with Crippen LogP contribution in [-0.2, 0) is 4.79 Å². The summed E-state index contributed by atoms with van der Waals surface area (Å²) in [6.45, 7) is 3.96. The lowest BCUT2D eigenvalue weighted by molar-refractivity contribution is -0.140. The summed E-state index contributed by atoms with van der Waals surface area (Å²) in [6.07, 6.45) is 0. The number of hydrogen-bond acceptors (Lipinski definition) is 2. The molecule has 1 rings (SSSR count). The maximum absolute atomic E-state index is 12.7. The van der Waals surface area contributed by atoms with Crippen LogP contribution in [0.25, 0.3) is 0 Å². The number of halogens is 1. The smallest absolute Gasteiger partial charge is 0.307 e. The molecule has 0 heterocycles. The molecular formula is C12H16FNO2. The molecule has 2 N–H and O–H groups in total. The van der Waals surface area contributed by atoms with Crippen molar-refractivity contribution in [2.45, 2.75) is 19.9 Å². The Morgan fingerprint density at radius 1 is 1.38 bits per heavy atom. The lowest BCUT2D eigenvalue weighted by Crippen LogP contribution is -2.28. The van der Waals surface area contributed by atoms with Gasteiger partial charge in [0.2, 0.25) is 0 Å². The van der Waals surface area contributed by atoms with Gasteiger partial charge < -0.3 is 10.4 Å². The third-order valence-corrected chi connectivity index (χ3v) is 2.52. The number of carboxylic acids is 1. The van der Waals surface area contributed by atoms with Gasteiger partial charge in [0.25, 0.3) is 0 Å². The first-order chi connectivity index (χ1) is 7.50. The van der Waals surface area contributed by atoms with Gasteiger partial charge in [0.05, 0.1) is 5.92 Å². The molecule has 1 aromatic carbocycles. The Bertz CT molecular complexity index is 351. The quantitative estimate of drug-likeness (QED) is 0.807. The Kier molecular flexibility index (Phi) is 4.43. The highest BCUT2D eigenvalue weighted by atomic mass is 19.1. The predicted molar refractivity (Wildman–Crippen MR) is 59.6 cm³/mol. The van der Waals surface area contributed by atoms with Gasteiger partial charge in [-0.15, -0.1) is 0 Å². The molecule has 0 aliphatic rings. The van der Waals surface area contributed by atoms with Crippen LogP contribution in [0.15, 0.2) is 24.3 Å². The minimum absolute atomic E-state index is 0.0161. The summed E-state index contributed by atoms with van der Waals surface area (Å²) in [5.41, 5.74) is 0.944. The van der Waals surface area contributed by atoms with E-state index in [0.717, 1.165) is 5.56 Å². The monoisotopic (exact) mass is 225 g/mol. The Labute approximate surface area is 94.3 Å². The van der Waals surface area contributed by atoms with Gasteiger partial charge in [0.1, 0.15) is 5.82 Å². The minimum Gasteiger partial charge on any atom is -0.481 e. The zero-order chi connectivity index (χ0) is 12.1. The van der Waals surface area contributed by atoms with Gasteiger partial charge in [-0.3, -0.25) is 4.79 Å². The Hall–Kier alpha value is -1.42. The molecule has 0 spiro atoms. The van der Waals surface area contributed by atoms with Crippen molar-refractivity contribution in [3.63, 3.8) is 0 Å². The minimum atomic E-state index is -0.821. The molecular weight excluding hydrogens is 209 g/mol. The fourth-order valence-corrected chi connectivity index (χ4v) is 1.31. The Morgan fingerprint density at radius 2 is 1.94 bits per heavy atom. The molecule has 0 saturated carbocycles. The van der Waals surface area contributed by atoms with Crippen LogP contribution in [0.4, 0.5) is 4.39 Å². The van der Waals surface area contributed by atoms with Crippen molar-refractivity contribution in [1.29, 1.82) is 0 Å². The number of aliphatic carboxylic acids is 1. The summed E-state index contributed by atoms with van der Waals surface area (Å²) in [6, 6.07) is 6.20. The summed E-state index contributed by atoms with van der Waals surface area (Å²) in [4.78, 5) is 10.6. The summed E-state index contributed by atoms with van der Waals surface area (Å²) in [5.74, 6) is -1.52. The van der Waals surface area contributed by atoms with Crippen LogP contribution in [0.5, 0.6) is 0 Å². The van der Waals surface area contributed by atoms with Crippen LogP contribution in [0, 0.1) is 11.7 Å². The SMILES string of the molecule is CC(CNC(C)c1ccc(F)cc1)C(=O)O. The first-order valence-electron chi connectivity index (χ1n) is 5.22. The number of carbonyl (C=O) groups is 1. The van der Waals surface area contributed by atoms with Crippen molar-refractivity contribution in [2.75, 3.05) is 6.54 Å². The van der Waals surface area contributed by atoms with Crippen LogP contribution in [-0.4, -0.2) is 17.6 Å². The van der Waals surface area contributed by atoms with Crippen LogP contribution < -0.4 is 5.32 Å². The first kappa shape index (κ1) is 12.6. The lowest BCUT2D eigenvalue weighted by atomic mass is 10.1. The normalized spacial score (nSPS) is 14.4. The summed E-state index contributed by atoms with van der Waals surface area (Å²) >= 11 is 0. The maximum atomic E-state index is 12.7. The number of benzene rings is 1. The molecule has 0 fully saturated rings. The van der Waals surface area contributed by atoms with Gasteiger partial charge >= 0.3 is 5.97 Å². The fourth-order valence-electron chi connectivity index (χ4n) is 1.31. The highest BCUT2D eigenvalue weighted by Gasteiger charge is 2.12. The molecule has 3 nitrogen and oxygen atoms in total. The molecule has 88 valence electrons. The highest BCUT2D eigenvalue weighted by molar-refractivity contribution is 5.69. The van der Waals surface area contributed by atoms with E-state index < -0.39 is 11.9 Å². The van der Waals surface area contributed by atoms with E-state index in [1.54, 1.807) is 19.1 Å². The highest BCUT2D eigenvalue weighted by Crippen LogP contribution is 2.13. The molecule has 0 saturated heterocycles. The van der Waals surface area contributed by atoms with Gasteiger partial charge in [-0.1, -0.05) is 19.1 Å². The van der Waals surface area contributed by atoms with Crippen LogP contribution in [0.3, 0.4) is 0 Å². The van der Waals surface area contributed by atoms with Gasteiger partial charge in [0, 0.05) is 12.6 Å². The van der Waals surface area contributed by atoms with Gasteiger partial charge in [-0.2, -0.15) is 0 Å². The first-order valence-corrected chi connectivity index (χ1v) is 5.22. The number of rotatable bonds is 5. The molecule has 0 aliphatic carbocycles. The van der Waals surface area contributed by atoms with Crippen molar-refractivity contribution >= 4 is 5.97 Å². The average molecular weight is 225 g/mol. The second-order valence-corrected chi connectivity index (χ2v) is 3.92. The molecule has 1 aromatic rings. The third-order valence-electron chi connectivity index (χ3n) is 2.52. The zero-order valence-electron chi connectivity index (χ0n) is 9.40. The molecule has 16 heavy (non-hydrogen) atoms. The van der Waals surface area contributed by atoms with E-state index in [1.807, 2.05) is 6.92 Å². The van der Waals surface area contributed by atoms with Crippen molar-refractivity contribution in [1.82, 2.24) is 5.32 Å². The number of nitrogens with one attached hydrogen (secondary N) is 1. The molecule has 4 heteroatoms. The lowest BCUT2D eigenvalue weighted by Gasteiger charge is -2.15. The largest absolute Gasteiger partial charge is 0.481 e. The maximum Gasteiger partial charge on any atom is 0.307 e. The second kappa shape index (κ2) is 5.61. The Morgan fingerprint density at radius 3 is 2.44 bits per heavy atom. The average Bonchev–Trinajstić information content (AvgIpc) is 2.26. The van der Waals surface area contributed by atoms with Crippen LogP contribution >= 0.6 is 0 Å². The fraction of sp³-hybridized carbons (Fsp3) is 0.417. The van der Waals surface area contributed by atoms with E-state index in [1.165, 1.54) is 12.1 Å². The van der Waals surface area contributed by atoms with Crippen molar-refractivity contribution in [3.05, 3.63) is 35.6 Å². The molecule has 0 radical (unpaired) electrons. The third kappa shape index (κ3) is 3.62. The van der Waals surface area contributed by atoms with Crippen molar-refractivity contribution in [2.24, 2.45) is 5.92 Å². The molecule has 2 atom stereocenters. The van der Waals surface area contributed by atoms with E-state index in [-0.39, 0.29) is 11.9 Å². The topological polar surface area (TPSA) is 49.3 Å². The van der Waals surface area contributed by atoms with Gasteiger partial charge in [-0.25, -0.2) is 4.39 Å². The van der Waals surface area contributed by atoms with Gasteiger partial charge in [0.15, 0.2) is 0 Å². The summed E-state index contributed by atoms with van der Waals surface area (Å²) in [7, 11) is 0. The number of hydrogen-bond donors (Lipinski definition) is 2. The molecule has 0 amide bonds. The molecule has 0 aliphatic heterocycles. The second-order valence-electron chi connectivity index (χ2n) is 3.92. The predicted octanol–water partition coefficient (Wildman–Crippen LogP) is 2.20. The van der Waals surface area contributed by atoms with E-state index in [2.05, 4.69) is 5.32 Å². The summed E-state index contributed by atoms with van der Waals surface area (Å²) in [5, 5.41) is 11.8. The van der Waals surface area contributed by atoms with Crippen molar-refractivity contribution in [3.8, 4) is 0 Å². The van der Waals surface area contributed by atoms with E-state index in [4.69, 9.17) is 5.11 Å². The van der Waals surface area contributed by atoms with Crippen molar-refractivity contribution < 1.29 is 14.3 Å². The number of carboxylic acid groups (broad SMARTS) is 1.